The monoisotopic (exact) mass is 418 g/mol. The summed E-state index contributed by atoms with van der Waals surface area (Å²) in [6.07, 6.45) is 0. The molecule has 2 aliphatic rings. The Morgan fingerprint density at radius 2 is 1.31 bits per heavy atom. The smallest absolute Gasteiger partial charge is 0.409 e. The zero-order valence-electron chi connectivity index (χ0n) is 17.3. The maximum atomic E-state index is 13.2. The van der Waals surface area contributed by atoms with Gasteiger partial charge < -0.3 is 4.74 Å². The molecule has 5 rings (SSSR count). The number of ketones is 1. The number of nitrogens with zero attached hydrogens (tertiary/aromatic N) is 1. The number of fused-ring (bicyclic) bond motifs is 2. The van der Waals surface area contributed by atoms with Crippen molar-refractivity contribution in [2.75, 3.05) is 0 Å². The molecule has 4 heteroatoms. The van der Waals surface area contributed by atoms with Crippen LogP contribution in [0.1, 0.15) is 20.8 Å². The van der Waals surface area contributed by atoms with E-state index in [9.17, 15) is 9.59 Å². The number of carbonyl (C=O) groups is 2. The van der Waals surface area contributed by atoms with E-state index in [1.54, 1.807) is 22.8 Å². The molecular weight excluding hydrogens is 398 g/mol. The van der Waals surface area contributed by atoms with E-state index in [1.807, 2.05) is 91.0 Å². The van der Waals surface area contributed by atoms with Gasteiger partial charge in [-0.1, -0.05) is 72.8 Å². The summed E-state index contributed by atoms with van der Waals surface area (Å²) in [6.45, 7) is 0.0363. The molecule has 0 spiro atoms. The standard InChI is InChI=1S/C28H20NO3/c30-27(21-10-3-1-4-11-21)19-29-25-14-8-7-9-20(25)15-16-26(29)28(31)32-24-17-22-12-5-2-6-13-23(22)18-24/h1-18H,19H2/q+1. The molecule has 2 aliphatic carbocycles. The van der Waals surface area contributed by atoms with Crippen LogP contribution in [0.2, 0.25) is 0 Å². The lowest BCUT2D eigenvalue weighted by Gasteiger charge is -2.07. The minimum atomic E-state index is -0.503. The van der Waals surface area contributed by atoms with E-state index in [0.717, 1.165) is 22.0 Å². The fourth-order valence-corrected chi connectivity index (χ4v) is 3.87. The third kappa shape index (κ3) is 3.86. The van der Waals surface area contributed by atoms with Crippen molar-refractivity contribution in [2.45, 2.75) is 6.54 Å². The molecule has 0 fully saturated rings. The highest BCUT2D eigenvalue weighted by Crippen LogP contribution is 2.30. The predicted octanol–water partition coefficient (Wildman–Crippen LogP) is 5.33. The maximum absolute atomic E-state index is 13.2. The molecular formula is C28H20NO3+. The van der Waals surface area contributed by atoms with Gasteiger partial charge in [-0.2, -0.15) is 4.57 Å². The molecule has 0 bridgehead atoms. The van der Waals surface area contributed by atoms with Gasteiger partial charge in [-0.15, -0.1) is 0 Å². The number of esters is 1. The van der Waals surface area contributed by atoms with Gasteiger partial charge in [0.1, 0.15) is 5.75 Å². The SMILES string of the molecule is O=C(C[n+]1c(C(=O)Oc2cc3cccccc-3c2)ccc2ccccc21)c1ccccc1. The molecule has 32 heavy (non-hydrogen) atoms. The van der Waals surface area contributed by atoms with E-state index in [0.29, 0.717) is 17.0 Å². The van der Waals surface area contributed by atoms with Crippen LogP contribution >= 0.6 is 0 Å². The Balaban J connectivity index is 1.52. The first-order valence-electron chi connectivity index (χ1n) is 10.4. The summed E-state index contributed by atoms with van der Waals surface area (Å²) in [7, 11) is 0. The summed E-state index contributed by atoms with van der Waals surface area (Å²) < 4.78 is 7.45. The van der Waals surface area contributed by atoms with Gasteiger partial charge in [0.25, 0.3) is 5.69 Å². The zero-order chi connectivity index (χ0) is 21.9. The first-order valence-corrected chi connectivity index (χ1v) is 10.4. The Bertz CT molecular complexity index is 1380. The number of benzene rings is 2. The van der Waals surface area contributed by atoms with Gasteiger partial charge in [-0.05, 0) is 35.4 Å². The Labute approximate surface area is 185 Å². The Kier molecular flexibility index (Phi) is 5.18. The Hall–Kier alpha value is -4.31. The number of carbonyl (C=O) groups excluding carboxylic acids is 2. The second-order valence-corrected chi connectivity index (χ2v) is 7.55. The highest BCUT2D eigenvalue weighted by atomic mass is 16.5. The second-order valence-electron chi connectivity index (χ2n) is 7.55. The van der Waals surface area contributed by atoms with Crippen molar-refractivity contribution < 1.29 is 18.9 Å². The molecule has 0 aliphatic heterocycles. The van der Waals surface area contributed by atoms with E-state index in [2.05, 4.69) is 0 Å². The Morgan fingerprint density at radius 3 is 2.03 bits per heavy atom. The van der Waals surface area contributed by atoms with Crippen LogP contribution in [0.25, 0.3) is 22.0 Å². The average Bonchev–Trinajstić information content (AvgIpc) is 3.07. The lowest BCUT2D eigenvalue weighted by Crippen LogP contribution is -2.45. The third-order valence-electron chi connectivity index (χ3n) is 5.46. The molecule has 0 unspecified atom stereocenters. The van der Waals surface area contributed by atoms with Gasteiger partial charge in [0.2, 0.25) is 17.8 Å². The van der Waals surface area contributed by atoms with Crippen LogP contribution in [-0.4, -0.2) is 11.8 Å². The van der Waals surface area contributed by atoms with Crippen LogP contribution in [0, 0.1) is 0 Å². The van der Waals surface area contributed by atoms with Crippen molar-refractivity contribution in [1.29, 1.82) is 0 Å². The number of aromatic nitrogens is 1. The molecule has 0 atom stereocenters. The van der Waals surface area contributed by atoms with E-state index in [-0.39, 0.29) is 12.3 Å². The highest BCUT2D eigenvalue weighted by molar-refractivity contribution is 5.96. The fourth-order valence-electron chi connectivity index (χ4n) is 3.87. The summed E-state index contributed by atoms with van der Waals surface area (Å²) in [5.41, 5.74) is 3.70. The lowest BCUT2D eigenvalue weighted by molar-refractivity contribution is -0.659. The first-order chi connectivity index (χ1) is 15.7. The largest absolute Gasteiger partial charge is 0.419 e. The van der Waals surface area contributed by atoms with Crippen molar-refractivity contribution in [2.24, 2.45) is 0 Å². The lowest BCUT2D eigenvalue weighted by atomic mass is 10.1. The predicted molar refractivity (Wildman–Crippen MR) is 123 cm³/mol. The summed E-state index contributed by atoms with van der Waals surface area (Å²) >= 11 is 0. The topological polar surface area (TPSA) is 47.2 Å². The summed E-state index contributed by atoms with van der Waals surface area (Å²) in [4.78, 5) is 26.1. The first kappa shape index (κ1) is 19.6. The van der Waals surface area contributed by atoms with Gasteiger partial charge in [0.15, 0.2) is 0 Å². The van der Waals surface area contributed by atoms with Crippen LogP contribution in [-0.2, 0) is 6.54 Å². The average molecular weight is 418 g/mol. The van der Waals surface area contributed by atoms with Gasteiger partial charge in [-0.3, -0.25) is 4.79 Å². The number of hydrogen-bond acceptors (Lipinski definition) is 3. The van der Waals surface area contributed by atoms with Crippen LogP contribution in [0.3, 0.4) is 0 Å². The van der Waals surface area contributed by atoms with Crippen LogP contribution in [0.15, 0.2) is 109 Å². The van der Waals surface area contributed by atoms with Crippen molar-refractivity contribution in [3.05, 3.63) is 120 Å². The molecule has 0 saturated carbocycles. The van der Waals surface area contributed by atoms with Crippen molar-refractivity contribution >= 4 is 22.7 Å². The Morgan fingerprint density at radius 1 is 0.688 bits per heavy atom. The highest BCUT2D eigenvalue weighted by Gasteiger charge is 2.27. The molecule has 0 radical (unpaired) electrons. The minimum absolute atomic E-state index is 0.0363. The number of hydrogen-bond donors (Lipinski definition) is 0. The van der Waals surface area contributed by atoms with Crippen LogP contribution < -0.4 is 9.30 Å². The van der Waals surface area contributed by atoms with Gasteiger partial charge in [0.05, 0.1) is 0 Å². The van der Waals surface area contributed by atoms with Crippen LogP contribution in [0.5, 0.6) is 5.75 Å². The molecule has 0 amide bonds. The molecule has 4 nitrogen and oxygen atoms in total. The normalized spacial score (nSPS) is 10.9. The molecule has 0 N–H and O–H groups in total. The third-order valence-corrected chi connectivity index (χ3v) is 5.46. The van der Waals surface area contributed by atoms with E-state index in [1.165, 1.54) is 0 Å². The number of rotatable bonds is 5. The molecule has 0 saturated heterocycles. The van der Waals surface area contributed by atoms with Crippen molar-refractivity contribution in [1.82, 2.24) is 0 Å². The fraction of sp³-hybridized carbons (Fsp3) is 0.0357. The molecule has 1 aromatic heterocycles. The van der Waals surface area contributed by atoms with Crippen molar-refractivity contribution in [3.8, 4) is 16.9 Å². The van der Waals surface area contributed by atoms with Crippen molar-refractivity contribution in [3.63, 3.8) is 0 Å². The number of ether oxygens (including phenoxy) is 1. The minimum Gasteiger partial charge on any atom is -0.419 e. The van der Waals surface area contributed by atoms with Crippen LogP contribution in [0.4, 0.5) is 0 Å². The molecule has 2 aromatic carbocycles. The number of Topliss-reactive ketones (excluding diaryl/α,β-unsaturated/α-hetero) is 1. The molecule has 154 valence electrons. The number of pyridine rings is 1. The summed E-state index contributed by atoms with van der Waals surface area (Å²) in [6, 6.07) is 33.8. The van der Waals surface area contributed by atoms with Gasteiger partial charge in [0, 0.05) is 23.1 Å². The second kappa shape index (κ2) is 8.44. The quantitative estimate of drug-likeness (QED) is 0.220. The summed E-state index contributed by atoms with van der Waals surface area (Å²) in [5, 5.41) is 0.941. The van der Waals surface area contributed by atoms with E-state index in [4.69, 9.17) is 4.74 Å². The van der Waals surface area contributed by atoms with E-state index >= 15 is 0 Å². The zero-order valence-corrected chi connectivity index (χ0v) is 17.3. The molecule has 1 heterocycles. The maximum Gasteiger partial charge on any atom is 0.409 e. The molecule has 3 aromatic rings. The van der Waals surface area contributed by atoms with Gasteiger partial charge >= 0.3 is 5.97 Å². The van der Waals surface area contributed by atoms with E-state index < -0.39 is 5.97 Å². The summed E-state index contributed by atoms with van der Waals surface area (Å²) in [5.74, 6) is -0.103. The number of para-hydroxylation sites is 1. The van der Waals surface area contributed by atoms with Gasteiger partial charge in [-0.25, -0.2) is 4.79 Å².